The predicted molar refractivity (Wildman–Crippen MR) is 92.7 cm³/mol. The van der Waals surface area contributed by atoms with E-state index in [1.165, 1.54) is 5.56 Å². The Labute approximate surface area is 140 Å². The number of allylic oxidation sites excluding steroid dienone is 1. The average Bonchev–Trinajstić information content (AvgIpc) is 2.58. The number of hydrogen-bond donors (Lipinski definition) is 0. The zero-order valence-corrected chi connectivity index (χ0v) is 14.3. The number of benzene rings is 1. The van der Waals surface area contributed by atoms with Gasteiger partial charge >= 0.3 is 5.97 Å². The Hall–Kier alpha value is -2.08. The first-order valence-corrected chi connectivity index (χ1v) is 8.48. The second-order valence-corrected chi connectivity index (χ2v) is 5.69. The molecule has 3 nitrogen and oxygen atoms in total. The van der Waals surface area contributed by atoms with E-state index in [1.807, 2.05) is 24.3 Å². The zero-order chi connectivity index (χ0) is 17.0. The van der Waals surface area contributed by atoms with Crippen LogP contribution in [0, 0.1) is 16.7 Å². The smallest absolute Gasteiger partial charge is 0.330 e. The van der Waals surface area contributed by atoms with Crippen molar-refractivity contribution in [3.63, 3.8) is 0 Å². The third-order valence-electron chi connectivity index (χ3n) is 3.85. The number of nitriles is 1. The van der Waals surface area contributed by atoms with Crippen molar-refractivity contribution in [1.29, 1.82) is 5.26 Å². The van der Waals surface area contributed by atoms with Gasteiger partial charge in [-0.3, -0.25) is 0 Å². The lowest BCUT2D eigenvalue weighted by Crippen LogP contribution is -2.29. The molecule has 1 rings (SSSR count). The van der Waals surface area contributed by atoms with E-state index < -0.39 is 11.4 Å². The summed E-state index contributed by atoms with van der Waals surface area (Å²) in [6.07, 6.45) is 8.87. The minimum absolute atomic E-state index is 0.302. The van der Waals surface area contributed by atoms with Crippen LogP contribution in [0.15, 0.2) is 42.5 Å². The highest BCUT2D eigenvalue weighted by atomic mass is 16.5. The molecule has 1 aromatic carbocycles. The van der Waals surface area contributed by atoms with Gasteiger partial charge in [-0.15, -0.1) is 0 Å². The molecule has 0 unspecified atom stereocenters. The van der Waals surface area contributed by atoms with E-state index in [2.05, 4.69) is 25.1 Å². The topological polar surface area (TPSA) is 50.1 Å². The van der Waals surface area contributed by atoms with E-state index in [-0.39, 0.29) is 0 Å². The molecule has 23 heavy (non-hydrogen) atoms. The first-order valence-electron chi connectivity index (χ1n) is 8.48. The molecular formula is C20H27NO2. The summed E-state index contributed by atoms with van der Waals surface area (Å²) in [6.45, 7) is 4.12. The Morgan fingerprint density at radius 1 is 1.26 bits per heavy atom. The fourth-order valence-electron chi connectivity index (χ4n) is 2.46. The van der Waals surface area contributed by atoms with E-state index in [9.17, 15) is 10.1 Å². The van der Waals surface area contributed by atoms with E-state index in [0.29, 0.717) is 13.0 Å². The van der Waals surface area contributed by atoms with Crippen molar-refractivity contribution in [3.05, 3.63) is 48.0 Å². The molecule has 0 bridgehead atoms. The molecule has 0 saturated carbocycles. The standard InChI is InChI=1S/C20H27NO2/c1-3-5-15-20(17-21,19(22)23-4-2)16-11-7-10-14-18-12-8-6-9-13-18/h6,8-9,11-13,16H,3-5,7,10,14-15H2,1-2H3/b16-11+/t20-/m0/s1. The molecule has 0 N–H and O–H groups in total. The second kappa shape index (κ2) is 10.6. The summed E-state index contributed by atoms with van der Waals surface area (Å²) in [5, 5.41) is 9.53. The van der Waals surface area contributed by atoms with Gasteiger partial charge in [0, 0.05) is 0 Å². The van der Waals surface area contributed by atoms with Crippen LogP contribution in [0.1, 0.15) is 51.5 Å². The number of carbonyl (C=O) groups excluding carboxylic acids is 1. The quantitative estimate of drug-likeness (QED) is 0.353. The number of hydrogen-bond acceptors (Lipinski definition) is 3. The van der Waals surface area contributed by atoms with Gasteiger partial charge in [0.1, 0.15) is 0 Å². The maximum Gasteiger partial charge on any atom is 0.330 e. The fourth-order valence-corrected chi connectivity index (χ4v) is 2.46. The number of rotatable bonds is 10. The highest BCUT2D eigenvalue weighted by Gasteiger charge is 2.36. The molecule has 0 heterocycles. The summed E-state index contributed by atoms with van der Waals surface area (Å²) in [5.41, 5.74) is 0.183. The summed E-state index contributed by atoms with van der Waals surface area (Å²) >= 11 is 0. The van der Waals surface area contributed by atoms with Crippen molar-refractivity contribution in [2.75, 3.05) is 6.61 Å². The summed E-state index contributed by atoms with van der Waals surface area (Å²) in [7, 11) is 0. The molecule has 0 aromatic heterocycles. The van der Waals surface area contributed by atoms with Gasteiger partial charge in [-0.2, -0.15) is 5.26 Å². The summed E-state index contributed by atoms with van der Waals surface area (Å²) in [5.74, 6) is -0.421. The lowest BCUT2D eigenvalue weighted by atomic mass is 9.83. The number of ether oxygens (including phenoxy) is 1. The van der Waals surface area contributed by atoms with Crippen LogP contribution in [0.5, 0.6) is 0 Å². The second-order valence-electron chi connectivity index (χ2n) is 5.69. The maximum absolute atomic E-state index is 12.2. The molecule has 0 fully saturated rings. The Kier molecular flexibility index (Phi) is 8.75. The van der Waals surface area contributed by atoms with Crippen LogP contribution in [0.3, 0.4) is 0 Å². The predicted octanol–water partition coefficient (Wildman–Crippen LogP) is 4.83. The van der Waals surface area contributed by atoms with Crippen molar-refractivity contribution in [2.24, 2.45) is 5.41 Å². The van der Waals surface area contributed by atoms with Gasteiger partial charge in [-0.05, 0) is 38.2 Å². The fraction of sp³-hybridized carbons (Fsp3) is 0.500. The largest absolute Gasteiger partial charge is 0.465 e. The first kappa shape index (κ1) is 19.0. The Morgan fingerprint density at radius 2 is 2.00 bits per heavy atom. The van der Waals surface area contributed by atoms with Crippen LogP contribution in [-0.4, -0.2) is 12.6 Å². The molecule has 0 aliphatic rings. The zero-order valence-electron chi connectivity index (χ0n) is 14.3. The molecule has 0 spiro atoms. The first-order chi connectivity index (χ1) is 11.2. The molecule has 0 amide bonds. The number of nitrogens with zero attached hydrogens (tertiary/aromatic N) is 1. The number of esters is 1. The van der Waals surface area contributed by atoms with Crippen molar-refractivity contribution < 1.29 is 9.53 Å². The average molecular weight is 313 g/mol. The Morgan fingerprint density at radius 3 is 2.61 bits per heavy atom. The minimum Gasteiger partial charge on any atom is -0.465 e. The molecular weight excluding hydrogens is 286 g/mol. The summed E-state index contributed by atoms with van der Waals surface area (Å²) < 4.78 is 5.11. The van der Waals surface area contributed by atoms with Gasteiger partial charge in [0.25, 0.3) is 0 Å². The molecule has 0 aliphatic carbocycles. The molecule has 0 radical (unpaired) electrons. The molecule has 3 heteroatoms. The summed E-state index contributed by atoms with van der Waals surface area (Å²) in [4.78, 5) is 12.2. The van der Waals surface area contributed by atoms with Crippen molar-refractivity contribution >= 4 is 5.97 Å². The number of carbonyl (C=O) groups is 1. The number of unbranched alkanes of at least 4 members (excludes halogenated alkanes) is 2. The van der Waals surface area contributed by atoms with E-state index in [4.69, 9.17) is 4.74 Å². The normalized spacial score (nSPS) is 13.4. The van der Waals surface area contributed by atoms with E-state index in [0.717, 1.165) is 32.1 Å². The Balaban J connectivity index is 2.61. The molecule has 0 aliphatic heterocycles. The van der Waals surface area contributed by atoms with Crippen molar-refractivity contribution in [2.45, 2.75) is 52.4 Å². The molecule has 1 aromatic rings. The van der Waals surface area contributed by atoms with Gasteiger partial charge in [-0.25, -0.2) is 4.79 Å². The molecule has 124 valence electrons. The third-order valence-corrected chi connectivity index (χ3v) is 3.85. The van der Waals surface area contributed by atoms with Gasteiger partial charge in [-0.1, -0.05) is 62.2 Å². The summed E-state index contributed by atoms with van der Waals surface area (Å²) in [6, 6.07) is 12.5. The van der Waals surface area contributed by atoms with Crippen molar-refractivity contribution in [1.82, 2.24) is 0 Å². The van der Waals surface area contributed by atoms with Gasteiger partial charge in [0.2, 0.25) is 0 Å². The highest BCUT2D eigenvalue weighted by molar-refractivity contribution is 5.82. The number of aryl methyl sites for hydroxylation is 1. The van der Waals surface area contributed by atoms with Crippen LogP contribution < -0.4 is 0 Å². The van der Waals surface area contributed by atoms with Crippen LogP contribution in [-0.2, 0) is 16.0 Å². The highest BCUT2D eigenvalue weighted by Crippen LogP contribution is 2.28. The van der Waals surface area contributed by atoms with E-state index >= 15 is 0 Å². The van der Waals surface area contributed by atoms with Crippen LogP contribution >= 0.6 is 0 Å². The minimum atomic E-state index is -1.13. The van der Waals surface area contributed by atoms with Crippen molar-refractivity contribution in [3.8, 4) is 6.07 Å². The van der Waals surface area contributed by atoms with Crippen LogP contribution in [0.4, 0.5) is 0 Å². The third kappa shape index (κ3) is 6.28. The molecule has 0 saturated heterocycles. The lowest BCUT2D eigenvalue weighted by molar-refractivity contribution is -0.149. The lowest BCUT2D eigenvalue weighted by Gasteiger charge is -2.20. The Bertz CT molecular complexity index is 530. The SMILES string of the molecule is CCCC[C@@](C#N)(/C=C/CCCc1ccccc1)C(=O)OCC. The van der Waals surface area contributed by atoms with Gasteiger partial charge in [0.15, 0.2) is 5.41 Å². The molecule has 1 atom stereocenters. The van der Waals surface area contributed by atoms with Gasteiger partial charge in [0.05, 0.1) is 12.7 Å². The maximum atomic E-state index is 12.2. The van der Waals surface area contributed by atoms with E-state index in [1.54, 1.807) is 13.0 Å². The van der Waals surface area contributed by atoms with Crippen LogP contribution in [0.2, 0.25) is 0 Å². The van der Waals surface area contributed by atoms with Crippen LogP contribution in [0.25, 0.3) is 0 Å². The van der Waals surface area contributed by atoms with Gasteiger partial charge < -0.3 is 4.74 Å². The monoisotopic (exact) mass is 313 g/mol.